The van der Waals surface area contributed by atoms with Gasteiger partial charge in [0.25, 0.3) is 5.91 Å². The molecule has 2 aliphatic heterocycles. The Labute approximate surface area is 116 Å². The molecule has 0 aromatic heterocycles. The molecule has 1 amide bonds. The minimum absolute atomic E-state index is 0.137. The summed E-state index contributed by atoms with van der Waals surface area (Å²) in [6, 6.07) is 3.66. The first-order valence-corrected chi connectivity index (χ1v) is 7.72. The van der Waals surface area contributed by atoms with Gasteiger partial charge in [0.2, 0.25) is 9.84 Å². The van der Waals surface area contributed by atoms with E-state index < -0.39 is 21.6 Å². The van der Waals surface area contributed by atoms with Crippen molar-refractivity contribution >= 4 is 21.4 Å². The number of carbonyl (C=O) groups is 1. The van der Waals surface area contributed by atoms with Crippen LogP contribution in [-0.2, 0) is 14.6 Å². The van der Waals surface area contributed by atoms with Gasteiger partial charge in [0.15, 0.2) is 4.91 Å². The van der Waals surface area contributed by atoms with E-state index in [9.17, 15) is 17.6 Å². The first-order valence-electron chi connectivity index (χ1n) is 6.24. The van der Waals surface area contributed by atoms with Crippen molar-refractivity contribution in [3.05, 3.63) is 34.6 Å². The van der Waals surface area contributed by atoms with E-state index in [4.69, 9.17) is 0 Å². The molecule has 0 atom stereocenters. The van der Waals surface area contributed by atoms with E-state index in [0.29, 0.717) is 24.4 Å². The van der Waals surface area contributed by atoms with Gasteiger partial charge in [-0.15, -0.1) is 0 Å². The van der Waals surface area contributed by atoms with Gasteiger partial charge in [0.1, 0.15) is 5.82 Å². The van der Waals surface area contributed by atoms with Crippen molar-refractivity contribution in [2.75, 3.05) is 18.5 Å². The molecule has 0 spiro atoms. The van der Waals surface area contributed by atoms with E-state index in [-0.39, 0.29) is 9.80 Å². The van der Waals surface area contributed by atoms with Gasteiger partial charge in [-0.2, -0.15) is 0 Å². The van der Waals surface area contributed by atoms with Gasteiger partial charge in [-0.25, -0.2) is 12.8 Å². The van der Waals surface area contributed by atoms with Crippen LogP contribution in [0, 0.1) is 5.82 Å². The number of hydrogen-bond acceptors (Lipinski definition) is 4. The molecule has 7 heteroatoms. The van der Waals surface area contributed by atoms with Gasteiger partial charge in [-0.05, 0) is 31.0 Å². The number of likely N-dealkylation sites (N-methyl/N-ethyl adjacent to an activating group) is 1. The summed E-state index contributed by atoms with van der Waals surface area (Å²) in [6.07, 6.45) is 1.29. The zero-order valence-electron chi connectivity index (χ0n) is 10.8. The first-order chi connectivity index (χ1) is 9.46. The van der Waals surface area contributed by atoms with Crippen LogP contribution in [-0.4, -0.2) is 27.9 Å². The Kier molecular flexibility index (Phi) is 2.82. The number of anilines is 1. The maximum atomic E-state index is 13.4. The van der Waals surface area contributed by atoms with E-state index in [2.05, 4.69) is 5.32 Å². The molecule has 3 rings (SSSR count). The average molecular weight is 296 g/mol. The molecule has 1 N–H and O–H groups in total. The molecule has 5 nitrogen and oxygen atoms in total. The summed E-state index contributed by atoms with van der Waals surface area (Å²) >= 11 is 0. The van der Waals surface area contributed by atoms with Crippen molar-refractivity contribution in [3.8, 4) is 0 Å². The van der Waals surface area contributed by atoms with Gasteiger partial charge >= 0.3 is 0 Å². The van der Waals surface area contributed by atoms with E-state index in [1.807, 2.05) is 0 Å². The van der Waals surface area contributed by atoms with Crippen molar-refractivity contribution in [1.29, 1.82) is 0 Å². The molecular weight excluding hydrogens is 283 g/mol. The maximum absolute atomic E-state index is 13.4. The van der Waals surface area contributed by atoms with Crippen LogP contribution in [0.15, 0.2) is 33.7 Å². The molecule has 1 aromatic carbocycles. The molecule has 20 heavy (non-hydrogen) atoms. The number of nitrogens with zero attached hydrogens (tertiary/aromatic N) is 1. The van der Waals surface area contributed by atoms with Crippen LogP contribution in [0.25, 0.3) is 0 Å². The van der Waals surface area contributed by atoms with Crippen molar-refractivity contribution in [3.63, 3.8) is 0 Å². The summed E-state index contributed by atoms with van der Waals surface area (Å²) in [4.78, 5) is 13.4. The lowest BCUT2D eigenvalue weighted by atomic mass is 10.2. The number of hydrogen-bond donors (Lipinski definition) is 1. The Hall–Kier alpha value is -1.89. The second kappa shape index (κ2) is 4.31. The third-order valence-electron chi connectivity index (χ3n) is 3.59. The first kappa shape index (κ1) is 13.1. The molecule has 2 aliphatic rings. The predicted octanol–water partition coefficient (Wildman–Crippen LogP) is 1.17. The highest BCUT2D eigenvalue weighted by Gasteiger charge is 2.41. The van der Waals surface area contributed by atoms with Gasteiger partial charge < -0.3 is 10.2 Å². The third kappa shape index (κ3) is 1.66. The zero-order chi connectivity index (χ0) is 14.5. The smallest absolute Gasteiger partial charge is 0.264 e. The molecule has 1 aromatic rings. The Bertz CT molecular complexity index is 740. The van der Waals surface area contributed by atoms with Gasteiger partial charge in [0.05, 0.1) is 10.6 Å². The van der Waals surface area contributed by atoms with Crippen molar-refractivity contribution < 1.29 is 17.6 Å². The van der Waals surface area contributed by atoms with Gasteiger partial charge in [-0.1, -0.05) is 0 Å². The summed E-state index contributed by atoms with van der Waals surface area (Å²) < 4.78 is 38.6. The lowest BCUT2D eigenvalue weighted by molar-refractivity contribution is -0.116. The van der Waals surface area contributed by atoms with Crippen LogP contribution >= 0.6 is 0 Å². The summed E-state index contributed by atoms with van der Waals surface area (Å²) in [5, 5.41) is 2.35. The van der Waals surface area contributed by atoms with E-state index in [1.165, 1.54) is 19.2 Å². The number of benzene rings is 1. The number of nitrogens with one attached hydrogen (secondary N) is 1. The average Bonchev–Trinajstić information content (AvgIpc) is 2.87. The lowest BCUT2D eigenvalue weighted by Gasteiger charge is -2.29. The third-order valence-corrected chi connectivity index (χ3v) is 5.45. The second-order valence-corrected chi connectivity index (χ2v) is 6.58. The molecule has 2 heterocycles. The van der Waals surface area contributed by atoms with Crippen molar-refractivity contribution in [2.24, 2.45) is 0 Å². The highest BCUT2D eigenvalue weighted by molar-refractivity contribution is 7.96. The van der Waals surface area contributed by atoms with Crippen molar-refractivity contribution in [2.45, 2.75) is 17.7 Å². The Balaban J connectivity index is 2.34. The van der Waals surface area contributed by atoms with Gasteiger partial charge in [0, 0.05) is 19.3 Å². The van der Waals surface area contributed by atoms with Gasteiger partial charge in [-0.3, -0.25) is 4.79 Å². The monoisotopic (exact) mass is 296 g/mol. The zero-order valence-corrected chi connectivity index (χ0v) is 11.6. The minimum atomic E-state index is -3.98. The number of halogens is 1. The van der Waals surface area contributed by atoms with E-state index in [0.717, 1.165) is 12.5 Å². The highest BCUT2D eigenvalue weighted by Crippen LogP contribution is 2.43. The number of sulfone groups is 1. The number of fused-ring (bicyclic) bond motifs is 3. The minimum Gasteiger partial charge on any atom is -0.354 e. The summed E-state index contributed by atoms with van der Waals surface area (Å²) in [5.74, 6) is -1.28. The molecule has 0 unspecified atom stereocenters. The second-order valence-electron chi connectivity index (χ2n) is 4.73. The highest BCUT2D eigenvalue weighted by atomic mass is 32.2. The molecular formula is C13H13FN2O3S. The fourth-order valence-corrected chi connectivity index (χ4v) is 4.54. The molecule has 0 aliphatic carbocycles. The number of allylic oxidation sites excluding steroid dienone is 1. The normalized spacial score (nSPS) is 19.6. The fourth-order valence-electron chi connectivity index (χ4n) is 2.73. The fraction of sp³-hybridized carbons (Fsp3) is 0.308. The number of carbonyl (C=O) groups excluding carboxylic acids is 1. The Morgan fingerprint density at radius 2 is 2.15 bits per heavy atom. The molecule has 106 valence electrons. The van der Waals surface area contributed by atoms with Crippen LogP contribution in [0.1, 0.15) is 12.8 Å². The molecule has 0 radical (unpaired) electrons. The molecule has 0 saturated carbocycles. The largest absolute Gasteiger partial charge is 0.354 e. The van der Waals surface area contributed by atoms with Crippen LogP contribution in [0.5, 0.6) is 0 Å². The van der Waals surface area contributed by atoms with Crippen LogP contribution in [0.2, 0.25) is 0 Å². The Morgan fingerprint density at radius 1 is 1.40 bits per heavy atom. The van der Waals surface area contributed by atoms with Crippen molar-refractivity contribution in [1.82, 2.24) is 5.32 Å². The van der Waals surface area contributed by atoms with E-state index in [1.54, 1.807) is 4.90 Å². The summed E-state index contributed by atoms with van der Waals surface area (Å²) in [6.45, 7) is 0.629. The van der Waals surface area contributed by atoms with Crippen LogP contribution in [0.3, 0.4) is 0 Å². The number of rotatable bonds is 1. The predicted molar refractivity (Wildman–Crippen MR) is 71.3 cm³/mol. The lowest BCUT2D eigenvalue weighted by Crippen LogP contribution is -2.34. The van der Waals surface area contributed by atoms with Crippen LogP contribution < -0.4 is 10.2 Å². The van der Waals surface area contributed by atoms with Crippen LogP contribution in [0.4, 0.5) is 10.1 Å². The topological polar surface area (TPSA) is 66.5 Å². The summed E-state index contributed by atoms with van der Waals surface area (Å²) in [7, 11) is -2.60. The quantitative estimate of drug-likeness (QED) is 0.845. The SMILES string of the molecule is CNC(=O)C1=C2CCCN2c2ccc(F)cc2S1(=O)=O. The Morgan fingerprint density at radius 3 is 2.85 bits per heavy atom. The molecule has 0 bridgehead atoms. The molecule has 1 fully saturated rings. The maximum Gasteiger partial charge on any atom is 0.264 e. The number of amides is 1. The summed E-state index contributed by atoms with van der Waals surface area (Å²) in [5.41, 5.74) is 0.954. The standard InChI is InChI=1S/C13H13FN2O3S/c1-15-13(17)12-10-3-2-6-16(10)9-5-4-8(14)7-11(9)20(12,18)19/h4-5,7H,2-3,6H2,1H3,(H,15,17). The molecule has 1 saturated heterocycles. The van der Waals surface area contributed by atoms with E-state index >= 15 is 0 Å².